The molecule has 31 aliphatic carbocycles. The zero-order valence-electron chi connectivity index (χ0n) is 108. The van der Waals surface area contributed by atoms with Gasteiger partial charge in [-0.3, -0.25) is 0 Å². The lowest BCUT2D eigenvalue weighted by Crippen LogP contribution is -2.50. The number of hydrogen-bond acceptors (Lipinski definition) is 0. The summed E-state index contributed by atoms with van der Waals surface area (Å²) in [5.74, 6) is 21.5. The molecule has 0 aromatic rings. The summed E-state index contributed by atoms with van der Waals surface area (Å²) < 4.78 is 90.0. The minimum atomic E-state index is -0.113. The first-order chi connectivity index (χ1) is 71.8. The molecule has 12 bridgehead atoms. The molecule has 20 unspecified atom stereocenters. The number of fused-ring (bicyclic) bond motifs is 19. The molecule has 0 aliphatic heterocycles. The lowest BCUT2D eigenvalue weighted by atomic mass is 9.44. The Morgan fingerprint density at radius 3 is 0.965 bits per heavy atom. The Balaban J connectivity index is 0.000000104. The van der Waals surface area contributed by atoms with Crippen molar-refractivity contribution in [3.8, 4) is 0 Å². The van der Waals surface area contributed by atoms with E-state index in [-0.39, 0.29) is 64.8 Å². The summed E-state index contributed by atoms with van der Waals surface area (Å²) in [7, 11) is 0. The average molecular weight is 1950 g/mol. The number of rotatable bonds is 0. The zero-order chi connectivity index (χ0) is 108. The van der Waals surface area contributed by atoms with Gasteiger partial charge < -0.3 is 0 Å². The molecule has 0 radical (unpaired) electrons. The molecule has 0 saturated heterocycles. The second-order valence-corrected chi connectivity index (χ2v) is 61.9. The fourth-order valence-corrected chi connectivity index (χ4v) is 44.6. The molecule has 0 aromatic carbocycles. The van der Waals surface area contributed by atoms with Crippen molar-refractivity contribution in [2.24, 2.45) is 239 Å². The van der Waals surface area contributed by atoms with Gasteiger partial charge in [0.05, 0.1) is 0 Å². The molecule has 810 valence electrons. The Labute approximate surface area is 896 Å². The fourth-order valence-electron chi connectivity index (χ4n) is 44.6. The molecule has 4 spiro atoms. The van der Waals surface area contributed by atoms with Gasteiger partial charge in [0.15, 0.2) is 0 Å². The van der Waals surface area contributed by atoms with E-state index in [1.807, 2.05) is 0 Å². The van der Waals surface area contributed by atoms with Gasteiger partial charge >= 0.3 is 0 Å². The predicted octanol–water partition coefficient (Wildman–Crippen LogP) is 44.7. The SMILES string of the molecule is CC12CC3CC(CC(C3)C1)C2.[2H][C@@]1(C)CC2CC1C1CCCC21.[2H][C@@]1(C)CC2CC1C1CCCCC21.[2H][C@@]1(C)CCC2(CCC2)C1.[2H][C@@]1(C)CCC2(CCCC2)C1.[2H][C@@]1(C)CCC2(CCCCC2)C1.[2H][C@@]1(C)CCC23CCCCC2(CCCC3)C1.[2H][C@@]1(C)CCC2CC3CCCCC3CC2C1.[2H][C@@]1(C)CCC2CCC(C2)C1.[2H][C@@]1(C)CCC2CCCC(C2)C1.[2H][C@@]1(C)CCCC2(CCCCC2)C1.[2H][C@@]1(C)CCCC2C3CCCCC3CC21. The third-order valence-corrected chi connectivity index (χ3v) is 51.3. The summed E-state index contributed by atoms with van der Waals surface area (Å²) in [6.45, 7) is 26.2. The van der Waals surface area contributed by atoms with E-state index >= 15 is 0 Å². The van der Waals surface area contributed by atoms with E-state index in [2.05, 4.69) is 83.1 Å². The second-order valence-electron chi connectivity index (χ2n) is 61.9. The molecule has 0 aromatic heterocycles. The van der Waals surface area contributed by atoms with Crippen LogP contribution in [0.25, 0.3) is 0 Å². The molecule has 31 rings (SSSR count). The predicted molar refractivity (Wildman–Crippen MR) is 610 cm³/mol. The van der Waals surface area contributed by atoms with Crippen LogP contribution in [0.5, 0.6) is 0 Å². The van der Waals surface area contributed by atoms with Crippen molar-refractivity contribution in [1.82, 2.24) is 0 Å². The first kappa shape index (κ1) is 95.6. The van der Waals surface area contributed by atoms with Crippen LogP contribution in [0.4, 0.5) is 0 Å². The molecule has 31 aliphatic rings. The Bertz CT molecular complexity index is 4190. The van der Waals surface area contributed by atoms with Crippen LogP contribution in [0, 0.1) is 239 Å². The van der Waals surface area contributed by atoms with Gasteiger partial charge in [-0.2, -0.15) is 0 Å². The van der Waals surface area contributed by atoms with Gasteiger partial charge in [-0.05, 0) is 541 Å². The van der Waals surface area contributed by atoms with Crippen molar-refractivity contribution in [3.63, 3.8) is 0 Å². The molecule has 31 saturated carbocycles. The van der Waals surface area contributed by atoms with Crippen molar-refractivity contribution >= 4 is 0 Å². The van der Waals surface area contributed by atoms with Gasteiger partial charge in [-0.15, -0.1) is 0 Å². The third kappa shape index (κ3) is 27.7. The fraction of sp³-hybridized carbons (Fsp3) is 1.00. The molecule has 0 amide bonds. The van der Waals surface area contributed by atoms with Crippen LogP contribution in [0.3, 0.4) is 0 Å². The Morgan fingerprint density at radius 2 is 0.475 bits per heavy atom. The van der Waals surface area contributed by atoms with Gasteiger partial charge in [0.25, 0.3) is 0 Å². The van der Waals surface area contributed by atoms with E-state index in [0.29, 0.717) is 32.5 Å². The normalized spacial score (nSPS) is 55.0. The zero-order valence-corrected chi connectivity index (χ0v) is 96.5. The summed E-state index contributed by atoms with van der Waals surface area (Å²) in [5.41, 5.74) is 4.60. The summed E-state index contributed by atoms with van der Waals surface area (Å²) in [6.07, 6.45) is 122. The molecular weight excluding hydrogens is 1690 g/mol. The van der Waals surface area contributed by atoms with Crippen LogP contribution in [0.1, 0.15) is 663 Å². The largest absolute Gasteiger partial charge is 0.0625 e. The van der Waals surface area contributed by atoms with Gasteiger partial charge in [-0.1, -0.05) is 346 Å². The molecule has 141 heavy (non-hydrogen) atoms. The van der Waals surface area contributed by atoms with Crippen LogP contribution < -0.4 is 0 Å². The number of hydrogen-bond donors (Lipinski definition) is 0. The van der Waals surface area contributed by atoms with Gasteiger partial charge in [-0.25, -0.2) is 0 Å². The van der Waals surface area contributed by atoms with E-state index < -0.39 is 0 Å². The smallest absolute Gasteiger partial charge is 0.0303 e. The lowest BCUT2D eigenvalue weighted by molar-refractivity contribution is -0.105. The highest BCUT2D eigenvalue weighted by atomic mass is 14.6. The summed E-state index contributed by atoms with van der Waals surface area (Å²) >= 11 is 0. The van der Waals surface area contributed by atoms with Crippen molar-refractivity contribution in [3.05, 3.63) is 0 Å². The van der Waals surface area contributed by atoms with Crippen LogP contribution in [0.15, 0.2) is 0 Å². The summed E-state index contributed by atoms with van der Waals surface area (Å²) in [6, 6.07) is 0. The average Bonchev–Trinajstić information content (AvgIpc) is 1.34. The van der Waals surface area contributed by atoms with E-state index in [1.54, 1.807) is 38.5 Å². The van der Waals surface area contributed by atoms with Crippen LogP contribution in [0.2, 0.25) is 0 Å². The minimum absolute atomic E-state index is 0.0455. The van der Waals surface area contributed by atoms with Gasteiger partial charge in [0.2, 0.25) is 0 Å². The minimum Gasteiger partial charge on any atom is -0.0625 e. The molecular formula is C141H246. The molecule has 31 atom stereocenters. The topological polar surface area (TPSA) is 0 Å². The summed E-state index contributed by atoms with van der Waals surface area (Å²) in [4.78, 5) is 0. The monoisotopic (exact) mass is 1950 g/mol. The van der Waals surface area contributed by atoms with Crippen molar-refractivity contribution in [2.45, 2.75) is 648 Å². The molecule has 0 heteroatoms. The Hall–Kier alpha value is 0. The van der Waals surface area contributed by atoms with Crippen LogP contribution in [-0.2, 0) is 0 Å². The highest BCUT2D eigenvalue weighted by Gasteiger charge is 2.58. The maximum absolute atomic E-state index is 8.50. The molecule has 0 N–H and O–H groups in total. The standard InChI is InChI=1S/2C15H26.C14H24.C12H20.C12H22.2C11H18.2C11H20.2C10H18.C9H16/c1-13-6-11-14-7-2-4-9-15(14,12-13)10-5-3-8-14;1-11-6-7-14-9-12-4-2-3-5-13(12)10-15(14)8-11;1-10-5-4-8-13-12-7-3-2-6-11(12)9-14(10)13;1-8-6-9-7-12(8)11-5-3-2-4-10(9)11;1-11-6-5-9-12(10-11)7-3-2-4-8-12;1-11-5-8-2-9(6-11)4-10(3-8)7-11;1-7-5-8-6-11(7)10-4-2-3-9(8)10;1-9-5-6-10-3-2-4-11(7-9)8-10;1-10-5-8-11(9-10)6-3-2-4-7-11;1-8-2-3-9-4-5-10(6-8)7-9;1-9-4-7-10(8-9)5-2-3-6-10;1-8-3-6-9(7-8)4-2-5-9/h13H,2-12H2,1H3;11-15H,2-10H2,1H3;10-14H,2-9H2,1H3;8-12H,2-7H2,1H3;11H,2-10H2,1H3;8-10H,2-7H2,1H3;7-11H,2-6H2,1H3;9-11H,2-8H2,1H3;10H,2-9H2,1H3;8-10H,2-7H2,1H3;9H,2-8H2,1H3;8H,2-7H2,1H3/t13-,14?,15?;11-,12?,13?,14?,15?;10-,11?,12?,13?,14?;8-,9?,10?,11?,12?;11-;;7-,8?,9?,10?,11?;9-,10?,11?;10-;8-,9?,10?;9-;8-/m11111.111111/s1/i13D;11D;10D;8D;11D;;7D;9D;10D;8D;9D;8D. The van der Waals surface area contributed by atoms with E-state index in [0.717, 1.165) is 199 Å². The van der Waals surface area contributed by atoms with E-state index in [1.165, 1.54) is 469 Å². The maximum atomic E-state index is 8.50. The van der Waals surface area contributed by atoms with Crippen LogP contribution >= 0.6 is 0 Å². The first-order valence-electron chi connectivity index (χ1n) is 71.8. The molecule has 31 fully saturated rings. The highest BCUT2D eigenvalue weighted by molar-refractivity contribution is 5.09. The van der Waals surface area contributed by atoms with Crippen molar-refractivity contribution in [1.29, 1.82) is 0 Å². The first-order valence-corrected chi connectivity index (χ1v) is 66.3. The Kier molecular flexibility index (Phi) is 34.1. The Morgan fingerprint density at radius 1 is 0.149 bits per heavy atom. The quantitative estimate of drug-likeness (QED) is 0.227. The lowest BCUT2D eigenvalue weighted by Gasteiger charge is -2.61. The van der Waals surface area contributed by atoms with Crippen molar-refractivity contribution < 1.29 is 15.1 Å². The van der Waals surface area contributed by atoms with E-state index in [9.17, 15) is 0 Å². The van der Waals surface area contributed by atoms with Crippen LogP contribution in [-0.4, -0.2) is 0 Å². The second kappa shape index (κ2) is 50.3. The molecule has 0 nitrogen and oxygen atoms in total. The van der Waals surface area contributed by atoms with Gasteiger partial charge in [0.1, 0.15) is 0 Å². The van der Waals surface area contributed by atoms with E-state index in [4.69, 9.17) is 15.1 Å². The maximum Gasteiger partial charge on any atom is 0.0303 e. The van der Waals surface area contributed by atoms with Gasteiger partial charge in [0, 0.05) is 15.1 Å². The highest BCUT2D eigenvalue weighted by Crippen LogP contribution is 2.69. The van der Waals surface area contributed by atoms with Crippen molar-refractivity contribution in [2.75, 3.05) is 0 Å². The molecule has 0 heterocycles. The third-order valence-electron chi connectivity index (χ3n) is 51.3. The summed E-state index contributed by atoms with van der Waals surface area (Å²) in [5, 5.41) is 0.